The van der Waals surface area contributed by atoms with Crippen molar-refractivity contribution in [1.29, 1.82) is 0 Å². The predicted octanol–water partition coefficient (Wildman–Crippen LogP) is 2.94. The highest BCUT2D eigenvalue weighted by molar-refractivity contribution is 6.07. The van der Waals surface area contributed by atoms with E-state index in [-0.39, 0.29) is 30.1 Å². The SMILES string of the molecule is CC1(C)OC[C@@H](COc2ccnc(NC(=O)C3(c4cccc(C(F)(F)F)c4)NC=C4C(=N[C@H]5CCN4C5)N3)c2)O1. The molecule has 2 aromatic rings. The molecule has 2 saturated heterocycles. The fourth-order valence-corrected chi connectivity index (χ4v) is 5.26. The molecule has 0 radical (unpaired) electrons. The summed E-state index contributed by atoms with van der Waals surface area (Å²) in [6.07, 6.45) is -0.892. The minimum Gasteiger partial charge on any atom is -0.491 e. The minimum atomic E-state index is -4.59. The topological polar surface area (TPSA) is 109 Å². The average molecular weight is 559 g/mol. The number of ether oxygens (including phenoxy) is 3. The normalized spacial score (nSPS) is 26.7. The van der Waals surface area contributed by atoms with Gasteiger partial charge < -0.3 is 35.1 Å². The third kappa shape index (κ3) is 5.06. The lowest BCUT2D eigenvalue weighted by Crippen LogP contribution is -2.65. The molecular weight excluding hydrogens is 529 g/mol. The van der Waals surface area contributed by atoms with Gasteiger partial charge in [-0.05, 0) is 38.5 Å². The average Bonchev–Trinajstić information content (AvgIpc) is 3.48. The molecule has 3 N–H and O–H groups in total. The van der Waals surface area contributed by atoms with E-state index in [1.807, 2.05) is 13.8 Å². The number of rotatable bonds is 6. The minimum absolute atomic E-state index is 0.0512. The van der Waals surface area contributed by atoms with Crippen molar-refractivity contribution in [2.24, 2.45) is 4.99 Å². The largest absolute Gasteiger partial charge is 0.491 e. The fourth-order valence-electron chi connectivity index (χ4n) is 5.26. The molecular formula is C27H29F3N6O4. The number of pyridine rings is 1. The van der Waals surface area contributed by atoms with E-state index in [0.717, 1.165) is 37.3 Å². The second-order valence-electron chi connectivity index (χ2n) is 10.6. The van der Waals surface area contributed by atoms with Gasteiger partial charge in [-0.2, -0.15) is 13.2 Å². The monoisotopic (exact) mass is 558 g/mol. The third-order valence-corrected chi connectivity index (χ3v) is 7.23. The van der Waals surface area contributed by atoms with E-state index in [9.17, 15) is 18.0 Å². The molecule has 3 atom stereocenters. The molecule has 0 saturated carbocycles. The van der Waals surface area contributed by atoms with E-state index in [1.54, 1.807) is 12.3 Å². The molecule has 4 aliphatic heterocycles. The molecule has 0 spiro atoms. The Kier molecular flexibility index (Phi) is 6.37. The number of carbonyl (C=O) groups is 1. The van der Waals surface area contributed by atoms with Crippen molar-refractivity contribution in [1.82, 2.24) is 20.5 Å². The van der Waals surface area contributed by atoms with Crippen LogP contribution in [0.5, 0.6) is 5.75 Å². The number of anilines is 1. The lowest BCUT2D eigenvalue weighted by Gasteiger charge is -2.42. The molecule has 4 aliphatic rings. The number of carbonyl (C=O) groups excluding carboxylic acids is 1. The predicted molar refractivity (Wildman–Crippen MR) is 138 cm³/mol. The first-order valence-electron chi connectivity index (χ1n) is 13.0. The van der Waals surface area contributed by atoms with Crippen LogP contribution in [0.15, 0.2) is 59.5 Å². The van der Waals surface area contributed by atoms with E-state index < -0.39 is 29.1 Å². The van der Waals surface area contributed by atoms with E-state index in [1.165, 1.54) is 24.4 Å². The summed E-state index contributed by atoms with van der Waals surface area (Å²) in [7, 11) is 0. The molecule has 10 nitrogen and oxygen atoms in total. The molecule has 5 heterocycles. The van der Waals surface area contributed by atoms with Crippen LogP contribution < -0.4 is 20.7 Å². The zero-order valence-corrected chi connectivity index (χ0v) is 21.9. The summed E-state index contributed by atoms with van der Waals surface area (Å²) in [6, 6.07) is 7.87. The molecule has 2 fully saturated rings. The highest BCUT2D eigenvalue weighted by Crippen LogP contribution is 2.35. The quantitative estimate of drug-likeness (QED) is 0.497. The maximum absolute atomic E-state index is 13.9. The molecule has 1 aromatic heterocycles. The summed E-state index contributed by atoms with van der Waals surface area (Å²) in [5, 5.41) is 8.91. The third-order valence-electron chi connectivity index (χ3n) is 7.23. The molecule has 1 amide bonds. The molecule has 1 unspecified atom stereocenters. The Labute approximate surface area is 228 Å². The maximum Gasteiger partial charge on any atom is 0.416 e. The fraction of sp³-hybridized carbons (Fsp3) is 0.444. The van der Waals surface area contributed by atoms with Crippen molar-refractivity contribution in [3.8, 4) is 5.75 Å². The van der Waals surface area contributed by atoms with Gasteiger partial charge in [-0.1, -0.05) is 12.1 Å². The smallest absolute Gasteiger partial charge is 0.416 e. The van der Waals surface area contributed by atoms with Crippen molar-refractivity contribution >= 4 is 17.6 Å². The Balaban J connectivity index is 1.27. The van der Waals surface area contributed by atoms with Crippen molar-refractivity contribution < 1.29 is 32.2 Å². The molecule has 6 rings (SSSR count). The van der Waals surface area contributed by atoms with Gasteiger partial charge in [0.05, 0.1) is 23.9 Å². The van der Waals surface area contributed by atoms with Crippen molar-refractivity contribution in [3.63, 3.8) is 0 Å². The van der Waals surface area contributed by atoms with E-state index >= 15 is 0 Å². The summed E-state index contributed by atoms with van der Waals surface area (Å²) in [6.45, 7) is 5.81. The van der Waals surface area contributed by atoms with Crippen molar-refractivity contribution in [3.05, 3.63) is 65.6 Å². The highest BCUT2D eigenvalue weighted by Gasteiger charge is 2.47. The van der Waals surface area contributed by atoms with Crippen LogP contribution in [-0.4, -0.2) is 65.9 Å². The molecule has 2 bridgehead atoms. The van der Waals surface area contributed by atoms with Gasteiger partial charge in [-0.15, -0.1) is 0 Å². The Hall–Kier alpha value is -3.84. The van der Waals surface area contributed by atoms with Crippen molar-refractivity contribution in [2.45, 2.75) is 50.0 Å². The van der Waals surface area contributed by atoms with Gasteiger partial charge in [0.1, 0.15) is 30.1 Å². The van der Waals surface area contributed by atoms with Gasteiger partial charge in [0.2, 0.25) is 5.66 Å². The number of halogens is 3. The van der Waals surface area contributed by atoms with Crippen LogP contribution in [0.2, 0.25) is 0 Å². The summed E-state index contributed by atoms with van der Waals surface area (Å²) >= 11 is 0. The molecule has 1 aromatic carbocycles. The van der Waals surface area contributed by atoms with Crippen LogP contribution in [0.4, 0.5) is 19.0 Å². The summed E-state index contributed by atoms with van der Waals surface area (Å²) < 4.78 is 58.0. The summed E-state index contributed by atoms with van der Waals surface area (Å²) in [5.41, 5.74) is -1.83. The van der Waals surface area contributed by atoms with Crippen LogP contribution in [-0.2, 0) is 26.1 Å². The number of aromatic nitrogens is 1. The lowest BCUT2D eigenvalue weighted by molar-refractivity contribution is -0.141. The number of hydrogen-bond donors (Lipinski definition) is 3. The van der Waals surface area contributed by atoms with Crippen LogP contribution in [0.3, 0.4) is 0 Å². The first kappa shape index (κ1) is 26.4. The zero-order chi connectivity index (χ0) is 28.1. The van der Waals surface area contributed by atoms with Gasteiger partial charge >= 0.3 is 6.18 Å². The van der Waals surface area contributed by atoms with Crippen LogP contribution in [0.1, 0.15) is 31.4 Å². The number of amides is 1. The van der Waals surface area contributed by atoms with Gasteiger partial charge in [-0.25, -0.2) is 4.98 Å². The first-order chi connectivity index (χ1) is 19.0. The second kappa shape index (κ2) is 9.66. The molecule has 40 heavy (non-hydrogen) atoms. The van der Waals surface area contributed by atoms with Crippen LogP contribution >= 0.6 is 0 Å². The molecule has 212 valence electrons. The number of aliphatic imine (C=N–C) groups is 1. The number of amidine groups is 1. The van der Waals surface area contributed by atoms with E-state index in [2.05, 4.69) is 25.8 Å². The second-order valence-corrected chi connectivity index (χ2v) is 10.6. The highest BCUT2D eigenvalue weighted by atomic mass is 19.4. The number of hydrogen-bond acceptors (Lipinski definition) is 9. The number of nitrogens with one attached hydrogen (secondary N) is 3. The standard InChI is InChI=1S/C27H29F3N6O4/c1-25(2)39-15-20(40-25)14-38-19-6-8-31-22(11-19)34-24(37)26(16-4-3-5-17(10-16)27(28,29)30)32-12-21-23(35-26)33-18-7-9-36(21)13-18/h3-6,8,10-12,18,20,32H,7,9,13-15H2,1-2H3,(H,33,35)(H,31,34,37)/t18-,20+,26?/m0/s1. The van der Waals surface area contributed by atoms with Gasteiger partial charge in [0.25, 0.3) is 5.91 Å². The first-order valence-corrected chi connectivity index (χ1v) is 13.0. The Morgan fingerprint density at radius 2 is 2.12 bits per heavy atom. The molecule has 0 aliphatic carbocycles. The zero-order valence-electron chi connectivity index (χ0n) is 21.9. The van der Waals surface area contributed by atoms with Gasteiger partial charge in [0.15, 0.2) is 5.79 Å². The Morgan fingerprint density at radius 1 is 1.27 bits per heavy atom. The van der Waals surface area contributed by atoms with Crippen LogP contribution in [0.25, 0.3) is 0 Å². The van der Waals surface area contributed by atoms with E-state index in [4.69, 9.17) is 19.2 Å². The lowest BCUT2D eigenvalue weighted by atomic mass is 9.94. The molecule has 13 heteroatoms. The van der Waals surface area contributed by atoms with Gasteiger partial charge in [-0.3, -0.25) is 9.79 Å². The number of alkyl halides is 3. The Morgan fingerprint density at radius 3 is 2.90 bits per heavy atom. The summed E-state index contributed by atoms with van der Waals surface area (Å²) in [5.74, 6) is -0.315. The number of fused-ring (bicyclic) bond motifs is 4. The van der Waals surface area contributed by atoms with E-state index in [0.29, 0.717) is 18.2 Å². The number of nitrogens with zero attached hydrogens (tertiary/aromatic N) is 3. The van der Waals surface area contributed by atoms with Crippen LogP contribution in [0, 0.1) is 0 Å². The van der Waals surface area contributed by atoms with Crippen molar-refractivity contribution in [2.75, 3.05) is 31.6 Å². The Bertz CT molecular complexity index is 1380. The number of benzene rings is 1. The van der Waals surface area contributed by atoms with Gasteiger partial charge in [0, 0.05) is 37.1 Å². The maximum atomic E-state index is 13.9. The summed E-state index contributed by atoms with van der Waals surface area (Å²) in [4.78, 5) is 25.0.